The average molecular weight is 210 g/mol. The second-order valence-electron chi connectivity index (χ2n) is 1.76. The Bertz CT molecular complexity index is 300. The molecule has 2 nitrogen and oxygen atoms in total. The molecule has 0 N–H and O–H groups in total. The molecule has 0 amide bonds. The van der Waals surface area contributed by atoms with Gasteiger partial charge in [-0.25, -0.2) is 0 Å². The molecule has 5 heteroatoms. The number of nitrogens with zero attached hydrogens (tertiary/aromatic N) is 1. The first kappa shape index (κ1) is 8.78. The van der Waals surface area contributed by atoms with E-state index in [1.165, 1.54) is 12.3 Å². The van der Waals surface area contributed by atoms with Crippen LogP contribution in [-0.4, -0.2) is 10.2 Å². The van der Waals surface area contributed by atoms with Crippen LogP contribution in [0.3, 0.4) is 0 Å². The maximum atomic E-state index is 10.5. The van der Waals surface area contributed by atoms with Crippen molar-refractivity contribution < 1.29 is 4.79 Å². The summed E-state index contributed by atoms with van der Waals surface area (Å²) < 4.78 is 0. The van der Waals surface area contributed by atoms with Crippen molar-refractivity contribution in [3.63, 3.8) is 0 Å². The Morgan fingerprint density at radius 1 is 1.36 bits per heavy atom. The number of rotatable bonds is 1. The summed E-state index contributed by atoms with van der Waals surface area (Å²) >= 11 is 16.2. The molecule has 0 fully saturated rings. The van der Waals surface area contributed by atoms with Gasteiger partial charge in [0, 0.05) is 6.20 Å². The Hall–Kier alpha value is -0.310. The Balaban J connectivity index is 3.15. The highest BCUT2D eigenvalue weighted by Crippen LogP contribution is 2.21. The van der Waals surface area contributed by atoms with E-state index in [0.29, 0.717) is 5.02 Å². The quantitative estimate of drug-likeness (QED) is 0.667. The number of carbonyl (C=O) groups excluding carboxylic acids is 1. The van der Waals surface area contributed by atoms with Crippen LogP contribution in [-0.2, 0) is 0 Å². The Morgan fingerprint density at radius 2 is 2.00 bits per heavy atom. The fourth-order valence-corrected chi connectivity index (χ4v) is 0.880. The molecule has 0 unspecified atom stereocenters. The van der Waals surface area contributed by atoms with E-state index in [1.54, 1.807) is 0 Å². The molecule has 0 saturated heterocycles. The van der Waals surface area contributed by atoms with Gasteiger partial charge < -0.3 is 0 Å². The van der Waals surface area contributed by atoms with Crippen LogP contribution in [0.2, 0.25) is 10.0 Å². The number of pyridine rings is 1. The predicted octanol–water partition coefficient (Wildman–Crippen LogP) is 2.77. The van der Waals surface area contributed by atoms with E-state index in [4.69, 9.17) is 34.8 Å². The lowest BCUT2D eigenvalue weighted by atomic mass is 10.4. The largest absolute Gasteiger partial charge is 0.274 e. The SMILES string of the molecule is O=C(Cl)c1cc(Cl)c(Cl)cn1. The van der Waals surface area contributed by atoms with E-state index in [2.05, 4.69) is 4.98 Å². The zero-order valence-electron chi connectivity index (χ0n) is 5.14. The van der Waals surface area contributed by atoms with Gasteiger partial charge in [-0.3, -0.25) is 9.78 Å². The van der Waals surface area contributed by atoms with Crippen molar-refractivity contribution in [2.45, 2.75) is 0 Å². The lowest BCUT2D eigenvalue weighted by molar-refractivity contribution is 0.107. The first-order valence-electron chi connectivity index (χ1n) is 2.62. The third kappa shape index (κ3) is 2.06. The van der Waals surface area contributed by atoms with Gasteiger partial charge in [0.1, 0.15) is 5.69 Å². The van der Waals surface area contributed by atoms with Crippen molar-refractivity contribution in [3.05, 3.63) is 28.0 Å². The van der Waals surface area contributed by atoms with E-state index in [9.17, 15) is 4.79 Å². The minimum atomic E-state index is -0.649. The Labute approximate surface area is 78.1 Å². The van der Waals surface area contributed by atoms with Gasteiger partial charge in [-0.2, -0.15) is 0 Å². The van der Waals surface area contributed by atoms with Crippen molar-refractivity contribution in [1.82, 2.24) is 4.98 Å². The highest BCUT2D eigenvalue weighted by molar-refractivity contribution is 6.67. The zero-order valence-corrected chi connectivity index (χ0v) is 7.41. The molecule has 11 heavy (non-hydrogen) atoms. The van der Waals surface area contributed by atoms with Gasteiger partial charge in [0.25, 0.3) is 5.24 Å². The minimum absolute atomic E-state index is 0.0982. The highest BCUT2D eigenvalue weighted by atomic mass is 35.5. The van der Waals surface area contributed by atoms with Crippen LogP contribution in [0.25, 0.3) is 0 Å². The number of carbonyl (C=O) groups is 1. The first-order chi connectivity index (χ1) is 5.11. The van der Waals surface area contributed by atoms with Crippen LogP contribution < -0.4 is 0 Å². The smallest absolute Gasteiger partial charge is 0.270 e. The molecule has 1 aromatic heterocycles. The molecule has 0 aliphatic carbocycles. The minimum Gasteiger partial charge on any atom is -0.274 e. The van der Waals surface area contributed by atoms with Crippen LogP contribution in [0.15, 0.2) is 12.3 Å². The van der Waals surface area contributed by atoms with Crippen LogP contribution in [0.5, 0.6) is 0 Å². The second-order valence-corrected chi connectivity index (χ2v) is 2.92. The van der Waals surface area contributed by atoms with Crippen LogP contribution in [0.1, 0.15) is 10.5 Å². The third-order valence-electron chi connectivity index (χ3n) is 1.01. The lowest BCUT2D eigenvalue weighted by Crippen LogP contribution is -1.92. The number of hydrogen-bond acceptors (Lipinski definition) is 2. The molecule has 0 bridgehead atoms. The summed E-state index contributed by atoms with van der Waals surface area (Å²) in [5, 5.41) is -0.0810. The molecule has 0 spiro atoms. The molecule has 0 atom stereocenters. The van der Waals surface area contributed by atoms with Crippen molar-refractivity contribution in [2.24, 2.45) is 0 Å². The summed E-state index contributed by atoms with van der Waals surface area (Å²) in [4.78, 5) is 14.2. The average Bonchev–Trinajstić information content (AvgIpc) is 1.94. The number of halogens is 3. The first-order valence-corrected chi connectivity index (χ1v) is 3.75. The fourth-order valence-electron chi connectivity index (χ4n) is 0.522. The number of hydrogen-bond donors (Lipinski definition) is 0. The van der Waals surface area contributed by atoms with Gasteiger partial charge in [0.2, 0.25) is 0 Å². The lowest BCUT2D eigenvalue weighted by Gasteiger charge is -1.95. The van der Waals surface area contributed by atoms with Crippen molar-refractivity contribution in [1.29, 1.82) is 0 Å². The van der Waals surface area contributed by atoms with Crippen LogP contribution >= 0.6 is 34.8 Å². The zero-order chi connectivity index (χ0) is 8.43. The summed E-state index contributed by atoms with van der Waals surface area (Å²) in [6.07, 6.45) is 1.28. The van der Waals surface area contributed by atoms with Crippen molar-refractivity contribution >= 4 is 40.0 Å². The Morgan fingerprint density at radius 3 is 2.45 bits per heavy atom. The summed E-state index contributed by atoms with van der Waals surface area (Å²) in [5.74, 6) is 0. The van der Waals surface area contributed by atoms with Crippen LogP contribution in [0, 0.1) is 0 Å². The predicted molar refractivity (Wildman–Crippen MR) is 44.4 cm³/mol. The van der Waals surface area contributed by atoms with E-state index in [0.717, 1.165) is 0 Å². The molecule has 0 aromatic carbocycles. The molecule has 1 aromatic rings. The normalized spacial score (nSPS) is 9.73. The van der Waals surface area contributed by atoms with Gasteiger partial charge in [-0.05, 0) is 17.7 Å². The molecular weight excluding hydrogens is 208 g/mol. The molecule has 0 aliphatic rings. The van der Waals surface area contributed by atoms with Gasteiger partial charge in [-0.15, -0.1) is 0 Å². The summed E-state index contributed by atoms with van der Waals surface area (Å²) in [5.41, 5.74) is 0.0982. The second kappa shape index (κ2) is 3.39. The van der Waals surface area contributed by atoms with E-state index in [-0.39, 0.29) is 10.7 Å². The summed E-state index contributed by atoms with van der Waals surface area (Å²) in [7, 11) is 0. The van der Waals surface area contributed by atoms with Gasteiger partial charge in [0.05, 0.1) is 10.0 Å². The fraction of sp³-hybridized carbons (Fsp3) is 0. The van der Waals surface area contributed by atoms with E-state index < -0.39 is 5.24 Å². The summed E-state index contributed by atoms with van der Waals surface area (Å²) in [6, 6.07) is 1.32. The molecule has 0 saturated carbocycles. The van der Waals surface area contributed by atoms with Crippen molar-refractivity contribution in [2.75, 3.05) is 0 Å². The van der Waals surface area contributed by atoms with Gasteiger partial charge in [-0.1, -0.05) is 23.2 Å². The maximum absolute atomic E-state index is 10.5. The maximum Gasteiger partial charge on any atom is 0.270 e. The Kier molecular flexibility index (Phi) is 2.71. The number of aromatic nitrogens is 1. The molecule has 1 heterocycles. The topological polar surface area (TPSA) is 30.0 Å². The van der Waals surface area contributed by atoms with Crippen molar-refractivity contribution in [3.8, 4) is 0 Å². The van der Waals surface area contributed by atoms with Gasteiger partial charge in [0.15, 0.2) is 0 Å². The molecule has 0 radical (unpaired) electrons. The molecule has 1 rings (SSSR count). The third-order valence-corrected chi connectivity index (χ3v) is 1.91. The standard InChI is InChI=1S/C6H2Cl3NO/c7-3-1-5(6(9)11)10-2-4(3)8/h1-2H. The summed E-state index contributed by atoms with van der Waals surface area (Å²) in [6.45, 7) is 0. The monoisotopic (exact) mass is 209 g/mol. The van der Waals surface area contributed by atoms with Crippen LogP contribution in [0.4, 0.5) is 0 Å². The van der Waals surface area contributed by atoms with E-state index in [1.807, 2.05) is 0 Å². The highest BCUT2D eigenvalue weighted by Gasteiger charge is 2.05. The molecule has 58 valence electrons. The van der Waals surface area contributed by atoms with E-state index >= 15 is 0 Å². The van der Waals surface area contributed by atoms with Gasteiger partial charge >= 0.3 is 0 Å². The molecular formula is C6H2Cl3NO. The molecule has 0 aliphatic heterocycles.